The number of fused-ring (bicyclic) bond motifs is 6. The summed E-state index contributed by atoms with van der Waals surface area (Å²) in [6.07, 6.45) is 0. The number of para-hydroxylation sites is 2. The monoisotopic (exact) mass is 744 g/mol. The number of hydrogen-bond donors (Lipinski definition) is 0. The molecule has 0 atom stereocenters. The third-order valence-corrected chi connectivity index (χ3v) is 12.3. The SMILES string of the molecule is c1ccc(-c2ccc3c(c2)c2ccc(-c4cccc(N(c5ccccc5)c5ccc(-c6ccc7sc8ccccc8c7c6)cc5)c4)cc2n3-c2ccccc2)cc1. The Morgan fingerprint density at radius 1 is 0.298 bits per heavy atom. The molecule has 0 unspecified atom stereocenters. The van der Waals surface area contributed by atoms with Crippen LogP contribution in [0.5, 0.6) is 0 Å². The van der Waals surface area contributed by atoms with Crippen molar-refractivity contribution in [1.29, 1.82) is 0 Å². The van der Waals surface area contributed by atoms with Gasteiger partial charge in [-0.05, 0) is 118 Å². The molecule has 0 aliphatic rings. The number of aromatic nitrogens is 1. The molecule has 9 aromatic carbocycles. The van der Waals surface area contributed by atoms with Crippen molar-refractivity contribution >= 4 is 70.4 Å². The first-order valence-corrected chi connectivity index (χ1v) is 20.2. The van der Waals surface area contributed by atoms with Gasteiger partial charge in [0.05, 0.1) is 11.0 Å². The lowest BCUT2D eigenvalue weighted by Gasteiger charge is -2.26. The fourth-order valence-electron chi connectivity index (χ4n) is 8.42. The van der Waals surface area contributed by atoms with Crippen LogP contribution in [0.3, 0.4) is 0 Å². The summed E-state index contributed by atoms with van der Waals surface area (Å²) in [7, 11) is 0. The van der Waals surface area contributed by atoms with Crippen LogP contribution in [-0.2, 0) is 0 Å². The Labute approximate surface area is 335 Å². The number of thiophene rings is 1. The van der Waals surface area contributed by atoms with Crippen molar-refractivity contribution in [2.24, 2.45) is 0 Å². The molecule has 0 aliphatic carbocycles. The van der Waals surface area contributed by atoms with Crippen LogP contribution in [0.4, 0.5) is 17.1 Å². The Hall–Kier alpha value is -7.20. The summed E-state index contributed by atoms with van der Waals surface area (Å²) in [5.41, 5.74) is 14.1. The minimum Gasteiger partial charge on any atom is -0.310 e. The molecule has 0 amide bonds. The lowest BCUT2D eigenvalue weighted by Crippen LogP contribution is -2.09. The minimum absolute atomic E-state index is 1.11. The van der Waals surface area contributed by atoms with Crippen LogP contribution in [0.2, 0.25) is 0 Å². The van der Waals surface area contributed by atoms with Gasteiger partial charge in [-0.25, -0.2) is 0 Å². The quantitative estimate of drug-likeness (QED) is 0.158. The molecule has 268 valence electrons. The molecule has 0 radical (unpaired) electrons. The molecule has 2 nitrogen and oxygen atoms in total. The van der Waals surface area contributed by atoms with E-state index in [-0.39, 0.29) is 0 Å². The van der Waals surface area contributed by atoms with Crippen LogP contribution >= 0.6 is 11.3 Å². The first kappa shape index (κ1) is 33.2. The molecule has 2 aromatic heterocycles. The van der Waals surface area contributed by atoms with Crippen LogP contribution in [0.1, 0.15) is 0 Å². The van der Waals surface area contributed by atoms with Crippen molar-refractivity contribution in [1.82, 2.24) is 4.57 Å². The fourth-order valence-corrected chi connectivity index (χ4v) is 9.51. The van der Waals surface area contributed by atoms with E-state index < -0.39 is 0 Å². The fraction of sp³-hybridized carbons (Fsp3) is 0. The third kappa shape index (κ3) is 5.88. The molecule has 11 rings (SSSR count). The topological polar surface area (TPSA) is 8.17 Å². The molecular weight excluding hydrogens is 709 g/mol. The second-order valence-electron chi connectivity index (χ2n) is 14.6. The Bertz CT molecular complexity index is 3220. The summed E-state index contributed by atoms with van der Waals surface area (Å²) in [6, 6.07) is 79.4. The van der Waals surface area contributed by atoms with Crippen molar-refractivity contribution in [2.45, 2.75) is 0 Å². The summed E-state index contributed by atoms with van der Waals surface area (Å²) >= 11 is 1.86. The highest BCUT2D eigenvalue weighted by Gasteiger charge is 2.17. The molecule has 11 aromatic rings. The number of rotatable bonds is 7. The number of benzene rings is 9. The zero-order valence-electron chi connectivity index (χ0n) is 31.1. The van der Waals surface area contributed by atoms with Gasteiger partial charge in [0.2, 0.25) is 0 Å². The molecule has 0 N–H and O–H groups in total. The van der Waals surface area contributed by atoms with E-state index in [9.17, 15) is 0 Å². The van der Waals surface area contributed by atoms with E-state index in [0.29, 0.717) is 0 Å². The van der Waals surface area contributed by atoms with Crippen LogP contribution < -0.4 is 4.90 Å². The normalized spacial score (nSPS) is 11.5. The second-order valence-corrected chi connectivity index (χ2v) is 15.7. The van der Waals surface area contributed by atoms with Gasteiger partial charge in [0.15, 0.2) is 0 Å². The van der Waals surface area contributed by atoms with Gasteiger partial charge in [-0.15, -0.1) is 11.3 Å². The minimum atomic E-state index is 1.11. The number of nitrogens with zero attached hydrogens (tertiary/aromatic N) is 2. The van der Waals surface area contributed by atoms with Crippen molar-refractivity contribution in [2.75, 3.05) is 4.90 Å². The molecule has 0 fully saturated rings. The van der Waals surface area contributed by atoms with E-state index in [2.05, 4.69) is 228 Å². The number of anilines is 3. The molecular formula is C54H36N2S. The molecule has 0 saturated heterocycles. The van der Waals surface area contributed by atoms with Gasteiger partial charge < -0.3 is 9.47 Å². The molecule has 3 heteroatoms. The maximum Gasteiger partial charge on any atom is 0.0547 e. The average Bonchev–Trinajstić information content (AvgIpc) is 3.82. The highest BCUT2D eigenvalue weighted by molar-refractivity contribution is 7.25. The van der Waals surface area contributed by atoms with E-state index in [0.717, 1.165) is 28.3 Å². The Morgan fingerprint density at radius 3 is 1.65 bits per heavy atom. The van der Waals surface area contributed by atoms with Gasteiger partial charge in [0, 0.05) is 53.7 Å². The van der Waals surface area contributed by atoms with E-state index in [4.69, 9.17) is 0 Å². The van der Waals surface area contributed by atoms with E-state index in [1.807, 2.05) is 11.3 Å². The van der Waals surface area contributed by atoms with Gasteiger partial charge in [0.1, 0.15) is 0 Å². The highest BCUT2D eigenvalue weighted by atomic mass is 32.1. The van der Waals surface area contributed by atoms with Crippen LogP contribution in [0, 0.1) is 0 Å². The van der Waals surface area contributed by atoms with Gasteiger partial charge in [0.25, 0.3) is 0 Å². The first-order valence-electron chi connectivity index (χ1n) is 19.4. The molecule has 57 heavy (non-hydrogen) atoms. The smallest absolute Gasteiger partial charge is 0.0547 e. The molecule has 0 saturated carbocycles. The molecule has 0 aliphatic heterocycles. The Kier molecular flexibility index (Phi) is 8.04. The maximum absolute atomic E-state index is 2.41. The summed E-state index contributed by atoms with van der Waals surface area (Å²) in [5.74, 6) is 0. The zero-order valence-corrected chi connectivity index (χ0v) is 31.9. The third-order valence-electron chi connectivity index (χ3n) is 11.2. The summed E-state index contributed by atoms with van der Waals surface area (Å²) < 4.78 is 5.06. The lowest BCUT2D eigenvalue weighted by molar-refractivity contribution is 1.18. The van der Waals surface area contributed by atoms with Crippen molar-refractivity contribution in [3.05, 3.63) is 218 Å². The van der Waals surface area contributed by atoms with Crippen LogP contribution in [0.15, 0.2) is 218 Å². The summed E-state index contributed by atoms with van der Waals surface area (Å²) in [5, 5.41) is 5.13. The van der Waals surface area contributed by atoms with Crippen LogP contribution in [-0.4, -0.2) is 4.57 Å². The van der Waals surface area contributed by atoms with Crippen LogP contribution in [0.25, 0.3) is 81.0 Å². The largest absolute Gasteiger partial charge is 0.310 e. The number of hydrogen-bond acceptors (Lipinski definition) is 2. The standard InChI is InChI=1S/C54H36N2S/c1-4-13-37(14-5-1)40-26-31-51-49(34-40)47-30-25-42(36-52(47)56(51)44-18-8-3-9-19-44)39-15-12-20-46(33-39)55(43-16-6-2-7-17-43)45-28-23-38(24-29-45)41-27-32-54-50(35-41)48-21-10-11-22-53(48)57-54/h1-36H. The van der Waals surface area contributed by atoms with Crippen molar-refractivity contribution in [3.8, 4) is 39.1 Å². The van der Waals surface area contributed by atoms with E-state index >= 15 is 0 Å². The Morgan fingerprint density at radius 2 is 0.842 bits per heavy atom. The van der Waals surface area contributed by atoms with Gasteiger partial charge in [-0.3, -0.25) is 0 Å². The summed E-state index contributed by atoms with van der Waals surface area (Å²) in [6.45, 7) is 0. The van der Waals surface area contributed by atoms with Gasteiger partial charge in [-0.1, -0.05) is 133 Å². The zero-order chi connectivity index (χ0) is 37.7. The second kappa shape index (κ2) is 13.8. The lowest BCUT2D eigenvalue weighted by atomic mass is 10.00. The van der Waals surface area contributed by atoms with Crippen molar-refractivity contribution < 1.29 is 0 Å². The summed E-state index contributed by atoms with van der Waals surface area (Å²) in [4.78, 5) is 2.35. The predicted octanol–water partition coefficient (Wildman–Crippen LogP) is 15.6. The molecule has 0 bridgehead atoms. The van der Waals surface area contributed by atoms with E-state index in [1.165, 1.54) is 69.8 Å². The maximum atomic E-state index is 2.41. The van der Waals surface area contributed by atoms with E-state index in [1.54, 1.807) is 0 Å². The van der Waals surface area contributed by atoms with Gasteiger partial charge in [-0.2, -0.15) is 0 Å². The first-order chi connectivity index (χ1) is 28.2. The van der Waals surface area contributed by atoms with Gasteiger partial charge >= 0.3 is 0 Å². The van der Waals surface area contributed by atoms with Crippen molar-refractivity contribution in [3.63, 3.8) is 0 Å². The average molecular weight is 745 g/mol. The molecule has 2 heterocycles. The molecule has 0 spiro atoms. The predicted molar refractivity (Wildman–Crippen MR) is 245 cm³/mol. The Balaban J connectivity index is 1.00. The highest BCUT2D eigenvalue weighted by Crippen LogP contribution is 2.41.